The zero-order chi connectivity index (χ0) is 7.56. The summed E-state index contributed by atoms with van der Waals surface area (Å²) >= 11 is 0. The van der Waals surface area contributed by atoms with Gasteiger partial charge in [0.2, 0.25) is 5.91 Å². The normalized spacial score (nSPS) is 33.7. The number of quaternary nitrogens is 1. The quantitative estimate of drug-likeness (QED) is 0.499. The average molecular weight is 143 g/mol. The summed E-state index contributed by atoms with van der Waals surface area (Å²) in [7, 11) is 0. The lowest BCUT2D eigenvalue weighted by molar-refractivity contribution is -0.434. The molecule has 0 aromatic rings. The van der Waals surface area contributed by atoms with Crippen molar-refractivity contribution in [3.8, 4) is 0 Å². The smallest absolute Gasteiger partial charge is 0.226 e. The van der Waals surface area contributed by atoms with Gasteiger partial charge in [-0.05, 0) is 12.8 Å². The van der Waals surface area contributed by atoms with Gasteiger partial charge in [0, 0.05) is 6.42 Å². The first-order valence-corrected chi connectivity index (χ1v) is 3.84. The molecule has 3 heteroatoms. The van der Waals surface area contributed by atoms with Gasteiger partial charge in [-0.15, -0.1) is 0 Å². The van der Waals surface area contributed by atoms with Crippen LogP contribution in [0.15, 0.2) is 0 Å². The molecule has 0 aliphatic heterocycles. The van der Waals surface area contributed by atoms with Crippen molar-refractivity contribution < 1.29 is 10.5 Å². The molecule has 0 aromatic heterocycles. The third kappa shape index (κ3) is 1.48. The molecule has 1 fully saturated rings. The Morgan fingerprint density at radius 1 is 1.40 bits per heavy atom. The molecule has 0 spiro atoms. The lowest BCUT2D eigenvalue weighted by Gasteiger charge is -2.22. The first-order chi connectivity index (χ1) is 4.72. The van der Waals surface area contributed by atoms with Crippen LogP contribution in [0.5, 0.6) is 0 Å². The summed E-state index contributed by atoms with van der Waals surface area (Å²) in [4.78, 5) is 10.7. The van der Waals surface area contributed by atoms with E-state index in [2.05, 4.69) is 5.73 Å². The first-order valence-electron chi connectivity index (χ1n) is 3.84. The zero-order valence-corrected chi connectivity index (χ0v) is 6.18. The minimum atomic E-state index is -0.167. The maximum Gasteiger partial charge on any atom is 0.226 e. The van der Waals surface area contributed by atoms with Crippen LogP contribution in [0.3, 0.4) is 0 Å². The van der Waals surface area contributed by atoms with Crippen molar-refractivity contribution in [1.29, 1.82) is 0 Å². The highest BCUT2D eigenvalue weighted by Crippen LogP contribution is 2.20. The van der Waals surface area contributed by atoms with Gasteiger partial charge < -0.3 is 11.5 Å². The summed E-state index contributed by atoms with van der Waals surface area (Å²) in [6.45, 7) is 0. The SMILES string of the molecule is NC(=O)[C@@H]1CCCC[C@@H]1[NH3+]. The van der Waals surface area contributed by atoms with Crippen molar-refractivity contribution in [2.75, 3.05) is 0 Å². The largest absolute Gasteiger partial charge is 0.369 e. The molecule has 58 valence electrons. The second-order valence-corrected chi connectivity index (χ2v) is 3.05. The predicted molar refractivity (Wildman–Crippen MR) is 37.8 cm³/mol. The van der Waals surface area contributed by atoms with Crippen LogP contribution in [0, 0.1) is 5.92 Å². The molecule has 0 radical (unpaired) electrons. The summed E-state index contributed by atoms with van der Waals surface area (Å²) in [5.41, 5.74) is 9.08. The number of hydrogen-bond acceptors (Lipinski definition) is 1. The Balaban J connectivity index is 2.47. The molecule has 1 amide bonds. The number of carbonyl (C=O) groups excluding carboxylic acids is 1. The number of rotatable bonds is 1. The van der Waals surface area contributed by atoms with E-state index >= 15 is 0 Å². The van der Waals surface area contributed by atoms with E-state index in [1.54, 1.807) is 0 Å². The van der Waals surface area contributed by atoms with Crippen molar-refractivity contribution in [1.82, 2.24) is 0 Å². The molecule has 0 heterocycles. The van der Waals surface area contributed by atoms with Crippen LogP contribution in [0.25, 0.3) is 0 Å². The Kier molecular flexibility index (Phi) is 2.27. The summed E-state index contributed by atoms with van der Waals surface area (Å²) in [6, 6.07) is 0.270. The van der Waals surface area contributed by atoms with E-state index < -0.39 is 0 Å². The van der Waals surface area contributed by atoms with Crippen molar-refractivity contribution in [2.45, 2.75) is 31.7 Å². The molecule has 0 bridgehead atoms. The third-order valence-electron chi connectivity index (χ3n) is 2.27. The number of carbonyl (C=O) groups is 1. The lowest BCUT2D eigenvalue weighted by Crippen LogP contribution is -2.67. The van der Waals surface area contributed by atoms with E-state index in [-0.39, 0.29) is 17.9 Å². The van der Waals surface area contributed by atoms with Crippen molar-refractivity contribution in [2.24, 2.45) is 11.7 Å². The second kappa shape index (κ2) is 3.01. The molecule has 1 aliphatic carbocycles. The van der Waals surface area contributed by atoms with Gasteiger partial charge in [0.05, 0.1) is 12.0 Å². The maximum absolute atomic E-state index is 10.7. The Hall–Kier alpha value is -0.570. The molecule has 1 saturated carbocycles. The van der Waals surface area contributed by atoms with Gasteiger partial charge in [0.25, 0.3) is 0 Å². The summed E-state index contributed by atoms with van der Waals surface area (Å²) in [5.74, 6) is -0.117. The molecule has 5 N–H and O–H groups in total. The van der Waals surface area contributed by atoms with E-state index in [1.165, 1.54) is 6.42 Å². The van der Waals surface area contributed by atoms with Crippen LogP contribution in [0.4, 0.5) is 0 Å². The number of hydrogen-bond donors (Lipinski definition) is 2. The molecular formula is C7H15N2O+. The Bertz CT molecular complexity index is 136. The fourth-order valence-corrected chi connectivity index (χ4v) is 1.58. The van der Waals surface area contributed by atoms with E-state index in [9.17, 15) is 4.79 Å². The monoisotopic (exact) mass is 143 g/mol. The van der Waals surface area contributed by atoms with Crippen molar-refractivity contribution in [3.63, 3.8) is 0 Å². The van der Waals surface area contributed by atoms with Crippen LogP contribution in [-0.4, -0.2) is 11.9 Å². The zero-order valence-electron chi connectivity index (χ0n) is 6.18. The molecule has 1 aliphatic rings. The van der Waals surface area contributed by atoms with Crippen molar-refractivity contribution >= 4 is 5.91 Å². The fraction of sp³-hybridized carbons (Fsp3) is 0.857. The van der Waals surface area contributed by atoms with Crippen molar-refractivity contribution in [3.05, 3.63) is 0 Å². The molecule has 0 unspecified atom stereocenters. The van der Waals surface area contributed by atoms with Gasteiger partial charge in [-0.2, -0.15) is 0 Å². The Morgan fingerprint density at radius 2 is 2.00 bits per heavy atom. The Labute approximate surface area is 60.8 Å². The summed E-state index contributed by atoms with van der Waals surface area (Å²) in [5, 5.41) is 0. The Morgan fingerprint density at radius 3 is 2.40 bits per heavy atom. The van der Waals surface area contributed by atoms with Crippen LogP contribution in [0.2, 0.25) is 0 Å². The van der Waals surface area contributed by atoms with E-state index in [0.29, 0.717) is 0 Å². The van der Waals surface area contributed by atoms with E-state index in [1.807, 2.05) is 0 Å². The van der Waals surface area contributed by atoms with Gasteiger partial charge in [-0.1, -0.05) is 6.42 Å². The molecule has 3 nitrogen and oxygen atoms in total. The van der Waals surface area contributed by atoms with E-state index in [0.717, 1.165) is 19.3 Å². The topological polar surface area (TPSA) is 70.7 Å². The van der Waals surface area contributed by atoms with Gasteiger partial charge in [0.15, 0.2) is 0 Å². The lowest BCUT2D eigenvalue weighted by atomic mass is 9.85. The highest BCUT2D eigenvalue weighted by atomic mass is 16.1. The standard InChI is InChI=1S/C7H14N2O/c8-6-4-2-1-3-5(6)7(9)10/h5-6H,1-4,8H2,(H2,9,10)/p+1/t5-,6+/m1/s1. The van der Waals surface area contributed by atoms with Gasteiger partial charge >= 0.3 is 0 Å². The molecule has 2 atom stereocenters. The molecular weight excluding hydrogens is 128 g/mol. The summed E-state index contributed by atoms with van der Waals surface area (Å²) in [6.07, 6.45) is 4.36. The van der Waals surface area contributed by atoms with Crippen LogP contribution in [0.1, 0.15) is 25.7 Å². The fourth-order valence-electron chi connectivity index (χ4n) is 1.58. The number of primary amides is 1. The predicted octanol–water partition coefficient (Wildman–Crippen LogP) is -0.728. The van der Waals surface area contributed by atoms with Gasteiger partial charge in [-0.25, -0.2) is 0 Å². The molecule has 0 saturated heterocycles. The highest BCUT2D eigenvalue weighted by molar-refractivity contribution is 5.77. The molecule has 0 aromatic carbocycles. The molecule has 1 rings (SSSR count). The second-order valence-electron chi connectivity index (χ2n) is 3.05. The number of nitrogens with two attached hydrogens (primary N) is 1. The molecule has 10 heavy (non-hydrogen) atoms. The van der Waals surface area contributed by atoms with Gasteiger partial charge in [-0.3, -0.25) is 4.79 Å². The van der Waals surface area contributed by atoms with E-state index in [4.69, 9.17) is 5.73 Å². The van der Waals surface area contributed by atoms with Gasteiger partial charge in [0.1, 0.15) is 0 Å². The van der Waals surface area contributed by atoms with Crippen LogP contribution < -0.4 is 11.5 Å². The minimum absolute atomic E-state index is 0.0498. The highest BCUT2D eigenvalue weighted by Gasteiger charge is 2.28. The van der Waals surface area contributed by atoms with Crippen LogP contribution >= 0.6 is 0 Å². The summed E-state index contributed by atoms with van der Waals surface area (Å²) < 4.78 is 0. The minimum Gasteiger partial charge on any atom is -0.369 e. The average Bonchev–Trinajstić information content (AvgIpc) is 1.88. The third-order valence-corrected chi connectivity index (χ3v) is 2.27. The first kappa shape index (κ1) is 7.54. The number of amides is 1. The maximum atomic E-state index is 10.7. The van der Waals surface area contributed by atoms with Crippen LogP contribution in [-0.2, 0) is 4.79 Å².